The van der Waals surface area contributed by atoms with Gasteiger partial charge in [-0.15, -0.1) is 0 Å². The molecule has 0 saturated carbocycles. The molecule has 3 aromatic carbocycles. The number of aromatic hydroxyl groups is 1. The number of phenolic OH excluding ortho intramolecular Hbond substituents is 1. The van der Waals surface area contributed by atoms with E-state index in [-0.39, 0.29) is 27.2 Å². The van der Waals surface area contributed by atoms with Crippen LogP contribution < -0.4 is 24.3 Å². The molecule has 11 heteroatoms. The zero-order valence-corrected chi connectivity index (χ0v) is 22.2. The van der Waals surface area contributed by atoms with Gasteiger partial charge in [-0.05, 0) is 36.4 Å². The monoisotopic (exact) mass is 543 g/mol. The van der Waals surface area contributed by atoms with Gasteiger partial charge in [0.25, 0.3) is 5.91 Å². The predicted molar refractivity (Wildman–Crippen MR) is 141 cm³/mol. The van der Waals surface area contributed by atoms with Gasteiger partial charge in [-0.2, -0.15) is 0 Å². The molecule has 1 aliphatic rings. The summed E-state index contributed by atoms with van der Waals surface area (Å²) in [7, 11) is 2.01. The first-order valence-corrected chi connectivity index (χ1v) is 13.4. The van der Waals surface area contributed by atoms with Gasteiger partial charge < -0.3 is 29.4 Å². The molecule has 37 heavy (non-hydrogen) atoms. The van der Waals surface area contributed by atoms with E-state index in [0.29, 0.717) is 44.7 Å². The second-order valence-corrected chi connectivity index (χ2v) is 11.0. The molecule has 194 valence electrons. The van der Waals surface area contributed by atoms with Gasteiger partial charge in [0, 0.05) is 17.0 Å². The molecule has 2 N–H and O–H groups in total. The van der Waals surface area contributed by atoms with Crippen molar-refractivity contribution in [3.63, 3.8) is 0 Å². The second-order valence-electron chi connectivity index (χ2n) is 7.89. The SMILES string of the molecule is COc1cc(O)cc(OC)c1/C=C1/Sc2cc(S(=O)(=O)Cc3c(OC)cccc3OC)ccc2NC1=O. The maximum Gasteiger partial charge on any atom is 0.262 e. The van der Waals surface area contributed by atoms with Crippen LogP contribution in [0.5, 0.6) is 28.7 Å². The molecule has 0 fully saturated rings. The lowest BCUT2D eigenvalue weighted by molar-refractivity contribution is -0.112. The quantitative estimate of drug-likeness (QED) is 0.396. The Kier molecular flexibility index (Phi) is 7.55. The van der Waals surface area contributed by atoms with E-state index in [4.69, 9.17) is 18.9 Å². The molecule has 0 saturated heterocycles. The molecule has 4 rings (SSSR count). The molecule has 1 amide bonds. The van der Waals surface area contributed by atoms with Crippen LogP contribution in [0.25, 0.3) is 6.08 Å². The van der Waals surface area contributed by atoms with Crippen molar-refractivity contribution in [1.82, 2.24) is 0 Å². The summed E-state index contributed by atoms with van der Waals surface area (Å²) >= 11 is 1.12. The van der Waals surface area contributed by atoms with Gasteiger partial charge in [-0.25, -0.2) is 8.42 Å². The Labute approximate surface area is 218 Å². The summed E-state index contributed by atoms with van der Waals surface area (Å²) < 4.78 is 48.2. The van der Waals surface area contributed by atoms with Crippen LogP contribution in [0, 0.1) is 0 Å². The minimum atomic E-state index is -3.80. The number of ether oxygens (including phenoxy) is 4. The number of phenols is 1. The van der Waals surface area contributed by atoms with Gasteiger partial charge in [-0.1, -0.05) is 17.8 Å². The molecule has 1 aliphatic heterocycles. The summed E-state index contributed by atoms with van der Waals surface area (Å²) in [6, 6.07) is 12.4. The van der Waals surface area contributed by atoms with Gasteiger partial charge in [-0.3, -0.25) is 4.79 Å². The highest BCUT2D eigenvalue weighted by Gasteiger charge is 2.27. The molecule has 3 aromatic rings. The number of fused-ring (bicyclic) bond motifs is 1. The molecule has 9 nitrogen and oxygen atoms in total. The van der Waals surface area contributed by atoms with E-state index in [0.717, 1.165) is 11.8 Å². The molecule has 0 atom stereocenters. The van der Waals surface area contributed by atoms with E-state index < -0.39 is 9.84 Å². The van der Waals surface area contributed by atoms with Gasteiger partial charge in [0.15, 0.2) is 9.84 Å². The molecular formula is C26H25NO8S2. The maximum atomic E-state index is 13.4. The number of anilines is 1. The number of rotatable bonds is 8. The molecular weight excluding hydrogens is 518 g/mol. The highest BCUT2D eigenvalue weighted by Crippen LogP contribution is 2.43. The van der Waals surface area contributed by atoms with Crippen LogP contribution >= 0.6 is 11.8 Å². The Bertz CT molecular complexity index is 1450. The Morgan fingerprint density at radius 3 is 2.05 bits per heavy atom. The number of hydrogen-bond donors (Lipinski definition) is 2. The summed E-state index contributed by atoms with van der Waals surface area (Å²) in [4.78, 5) is 13.7. The van der Waals surface area contributed by atoms with E-state index in [1.165, 1.54) is 52.7 Å². The first kappa shape index (κ1) is 26.2. The van der Waals surface area contributed by atoms with E-state index in [1.54, 1.807) is 30.3 Å². The molecule has 0 bridgehead atoms. The minimum Gasteiger partial charge on any atom is -0.508 e. The van der Waals surface area contributed by atoms with E-state index in [1.807, 2.05) is 0 Å². The lowest BCUT2D eigenvalue weighted by Gasteiger charge is -2.20. The Hall–Kier alpha value is -3.83. The van der Waals surface area contributed by atoms with Crippen LogP contribution in [0.4, 0.5) is 5.69 Å². The number of carbonyl (C=O) groups excluding carboxylic acids is 1. The van der Waals surface area contributed by atoms with Crippen molar-refractivity contribution < 1.29 is 37.3 Å². The molecule has 0 unspecified atom stereocenters. The number of nitrogens with one attached hydrogen (secondary N) is 1. The Morgan fingerprint density at radius 1 is 0.892 bits per heavy atom. The number of hydrogen-bond acceptors (Lipinski definition) is 9. The Balaban J connectivity index is 1.71. The third-order valence-corrected chi connectivity index (χ3v) is 8.39. The van der Waals surface area contributed by atoms with Crippen molar-refractivity contribution in [3.8, 4) is 28.7 Å². The van der Waals surface area contributed by atoms with Crippen LogP contribution in [-0.2, 0) is 20.4 Å². The molecule has 0 radical (unpaired) electrons. The zero-order valence-electron chi connectivity index (χ0n) is 20.5. The zero-order chi connectivity index (χ0) is 26.7. The smallest absolute Gasteiger partial charge is 0.262 e. The normalized spacial score (nSPS) is 14.1. The number of methoxy groups -OCH3 is 4. The summed E-state index contributed by atoms with van der Waals surface area (Å²) in [5.74, 6) is 0.679. The minimum absolute atomic E-state index is 0.0523. The van der Waals surface area contributed by atoms with E-state index in [2.05, 4.69) is 5.32 Å². The summed E-state index contributed by atoms with van der Waals surface area (Å²) in [6.45, 7) is 0. The number of thioether (sulfide) groups is 1. The van der Waals surface area contributed by atoms with Gasteiger partial charge in [0.2, 0.25) is 0 Å². The fourth-order valence-electron chi connectivity index (χ4n) is 3.87. The Morgan fingerprint density at radius 2 is 1.49 bits per heavy atom. The molecule has 0 aliphatic carbocycles. The maximum absolute atomic E-state index is 13.4. The van der Waals surface area contributed by atoms with Crippen molar-refractivity contribution in [1.29, 1.82) is 0 Å². The van der Waals surface area contributed by atoms with Crippen molar-refractivity contribution >= 4 is 39.3 Å². The third-order valence-electron chi connectivity index (χ3n) is 5.67. The van der Waals surface area contributed by atoms with Crippen LogP contribution in [0.3, 0.4) is 0 Å². The number of sulfone groups is 1. The lowest BCUT2D eigenvalue weighted by atomic mass is 10.1. The van der Waals surface area contributed by atoms with Crippen molar-refractivity contribution in [3.05, 3.63) is 64.6 Å². The van der Waals surface area contributed by atoms with Crippen LogP contribution in [0.15, 0.2) is 63.2 Å². The first-order chi connectivity index (χ1) is 17.7. The van der Waals surface area contributed by atoms with Crippen LogP contribution in [0.1, 0.15) is 11.1 Å². The summed E-state index contributed by atoms with van der Waals surface area (Å²) in [5, 5.41) is 12.7. The van der Waals surface area contributed by atoms with Crippen molar-refractivity contribution in [2.75, 3.05) is 33.8 Å². The lowest BCUT2D eigenvalue weighted by Crippen LogP contribution is -2.18. The predicted octanol–water partition coefficient (Wildman–Crippen LogP) is 4.49. The number of carbonyl (C=O) groups is 1. The number of amides is 1. The largest absolute Gasteiger partial charge is 0.508 e. The van der Waals surface area contributed by atoms with Gasteiger partial charge in [0.05, 0.1) is 60.8 Å². The fraction of sp³-hybridized carbons (Fsp3) is 0.192. The fourth-order valence-corrected chi connectivity index (χ4v) is 6.32. The number of benzene rings is 3. The average Bonchev–Trinajstić information content (AvgIpc) is 2.89. The van der Waals surface area contributed by atoms with Crippen LogP contribution in [-0.4, -0.2) is 47.9 Å². The van der Waals surface area contributed by atoms with Crippen molar-refractivity contribution in [2.24, 2.45) is 0 Å². The average molecular weight is 544 g/mol. The summed E-state index contributed by atoms with van der Waals surface area (Å²) in [6.07, 6.45) is 1.57. The van der Waals surface area contributed by atoms with Crippen molar-refractivity contribution in [2.45, 2.75) is 15.5 Å². The van der Waals surface area contributed by atoms with E-state index >= 15 is 0 Å². The molecule has 0 aromatic heterocycles. The standard InChI is InChI=1S/C26H25NO8S2/c1-32-20-6-5-7-21(33-2)18(20)14-37(30,31)16-8-9-19-24(12-16)36-25(26(29)27-19)13-17-22(34-3)10-15(28)11-23(17)35-4/h5-13,28H,14H2,1-4H3,(H,27,29)/b25-13+. The molecule has 0 spiro atoms. The highest BCUT2D eigenvalue weighted by atomic mass is 32.2. The highest BCUT2D eigenvalue weighted by molar-refractivity contribution is 8.04. The molecule has 1 heterocycles. The van der Waals surface area contributed by atoms with E-state index in [9.17, 15) is 18.3 Å². The third kappa shape index (κ3) is 5.32. The first-order valence-electron chi connectivity index (χ1n) is 10.9. The van der Waals surface area contributed by atoms with Gasteiger partial charge >= 0.3 is 0 Å². The van der Waals surface area contributed by atoms with Crippen LogP contribution in [0.2, 0.25) is 0 Å². The summed E-state index contributed by atoms with van der Waals surface area (Å²) in [5.41, 5.74) is 1.36. The van der Waals surface area contributed by atoms with Gasteiger partial charge in [0.1, 0.15) is 28.7 Å². The topological polar surface area (TPSA) is 120 Å². The second kappa shape index (κ2) is 10.7.